The van der Waals surface area contributed by atoms with Crippen LogP contribution in [0.15, 0.2) is 42.5 Å². The van der Waals surface area contributed by atoms with Crippen molar-refractivity contribution < 1.29 is 19.0 Å². The molecule has 0 spiro atoms. The summed E-state index contributed by atoms with van der Waals surface area (Å²) >= 11 is 0. The van der Waals surface area contributed by atoms with Crippen molar-refractivity contribution in [1.82, 2.24) is 5.32 Å². The van der Waals surface area contributed by atoms with Crippen LogP contribution in [0.2, 0.25) is 0 Å². The molecule has 7 nitrogen and oxygen atoms in total. The quantitative estimate of drug-likeness (QED) is 0.744. The monoisotopic (exact) mass is 399 g/mol. The number of nitrogens with one attached hydrogen (secondary N) is 2. The number of anilines is 2. The summed E-state index contributed by atoms with van der Waals surface area (Å²) in [5, 5.41) is 5.72. The molecule has 2 aromatic rings. The Labute approximate surface area is 171 Å². The average Bonchev–Trinajstić information content (AvgIpc) is 2.78. The van der Waals surface area contributed by atoms with Gasteiger partial charge in [-0.3, -0.25) is 0 Å². The Hall–Kier alpha value is -2.93. The van der Waals surface area contributed by atoms with E-state index in [4.69, 9.17) is 14.2 Å². The van der Waals surface area contributed by atoms with Crippen molar-refractivity contribution in [2.45, 2.75) is 25.5 Å². The molecular formula is C22H29N3O4. The zero-order chi connectivity index (χ0) is 20.6. The zero-order valence-electron chi connectivity index (χ0n) is 17.2. The minimum absolute atomic E-state index is 0.259. The van der Waals surface area contributed by atoms with E-state index >= 15 is 0 Å². The number of nitrogens with zero attached hydrogens (tertiary/aromatic N) is 1. The lowest BCUT2D eigenvalue weighted by Gasteiger charge is -2.33. The van der Waals surface area contributed by atoms with Crippen LogP contribution in [0.25, 0.3) is 0 Å². The van der Waals surface area contributed by atoms with Gasteiger partial charge in [-0.25, -0.2) is 4.79 Å². The van der Waals surface area contributed by atoms with E-state index in [9.17, 15) is 4.79 Å². The van der Waals surface area contributed by atoms with Gasteiger partial charge in [0.05, 0.1) is 20.3 Å². The topological polar surface area (TPSA) is 72.1 Å². The number of urea groups is 1. The molecule has 0 aromatic heterocycles. The molecule has 0 saturated carbocycles. The molecule has 1 atom stereocenters. The number of amides is 2. The SMILES string of the molecule is COc1ccc(CNC(=O)Nc2ccc(N3CCCC(OC)C3)cc2)cc1OC. The maximum absolute atomic E-state index is 12.2. The van der Waals surface area contributed by atoms with Crippen molar-refractivity contribution in [2.75, 3.05) is 44.6 Å². The second kappa shape index (κ2) is 10.0. The summed E-state index contributed by atoms with van der Waals surface area (Å²) in [6.45, 7) is 2.31. The third-order valence-electron chi connectivity index (χ3n) is 5.10. The highest BCUT2D eigenvalue weighted by Gasteiger charge is 2.19. The van der Waals surface area contributed by atoms with Gasteiger partial charge < -0.3 is 29.7 Å². The molecule has 3 rings (SSSR count). The first kappa shape index (κ1) is 20.8. The summed E-state index contributed by atoms with van der Waals surface area (Å²) in [6, 6.07) is 13.2. The van der Waals surface area contributed by atoms with E-state index in [-0.39, 0.29) is 12.1 Å². The highest BCUT2D eigenvalue weighted by molar-refractivity contribution is 5.89. The lowest BCUT2D eigenvalue weighted by atomic mass is 10.1. The van der Waals surface area contributed by atoms with E-state index in [2.05, 4.69) is 15.5 Å². The standard InChI is InChI=1S/C22H29N3O4/c1-27-19-5-4-12-25(15-19)18-9-7-17(8-10-18)24-22(26)23-14-16-6-11-20(28-2)21(13-16)29-3/h6-11,13,19H,4-5,12,14-15H2,1-3H3,(H2,23,24,26). The predicted octanol–water partition coefficient (Wildman–Crippen LogP) is 3.64. The molecule has 1 fully saturated rings. The number of piperidine rings is 1. The average molecular weight is 399 g/mol. The highest BCUT2D eigenvalue weighted by atomic mass is 16.5. The van der Waals surface area contributed by atoms with Crippen LogP contribution >= 0.6 is 0 Å². The number of carbonyl (C=O) groups excluding carboxylic acids is 1. The molecule has 2 amide bonds. The molecule has 1 unspecified atom stereocenters. The minimum Gasteiger partial charge on any atom is -0.493 e. The number of benzene rings is 2. The van der Waals surface area contributed by atoms with Gasteiger partial charge in [-0.05, 0) is 54.8 Å². The van der Waals surface area contributed by atoms with Crippen LogP contribution in [0.1, 0.15) is 18.4 Å². The molecule has 29 heavy (non-hydrogen) atoms. The largest absolute Gasteiger partial charge is 0.493 e. The fraction of sp³-hybridized carbons (Fsp3) is 0.409. The lowest BCUT2D eigenvalue weighted by molar-refractivity contribution is 0.0893. The van der Waals surface area contributed by atoms with Crippen LogP contribution in [0.5, 0.6) is 11.5 Å². The molecule has 156 valence electrons. The van der Waals surface area contributed by atoms with Gasteiger partial charge in [-0.1, -0.05) is 6.07 Å². The normalized spacial score (nSPS) is 16.2. The smallest absolute Gasteiger partial charge is 0.319 e. The number of carbonyl (C=O) groups is 1. The minimum atomic E-state index is -0.259. The summed E-state index contributed by atoms with van der Waals surface area (Å²) in [5.41, 5.74) is 2.81. The van der Waals surface area contributed by atoms with Crippen molar-refractivity contribution in [3.63, 3.8) is 0 Å². The third-order valence-corrected chi connectivity index (χ3v) is 5.10. The van der Waals surface area contributed by atoms with Gasteiger partial charge in [0.1, 0.15) is 0 Å². The van der Waals surface area contributed by atoms with E-state index in [1.165, 1.54) is 0 Å². The van der Waals surface area contributed by atoms with E-state index in [1.807, 2.05) is 42.5 Å². The molecule has 7 heteroatoms. The van der Waals surface area contributed by atoms with E-state index in [0.717, 1.165) is 42.9 Å². The van der Waals surface area contributed by atoms with Gasteiger partial charge in [0.15, 0.2) is 11.5 Å². The Bertz CT molecular complexity index is 810. The molecule has 0 bridgehead atoms. The Morgan fingerprint density at radius 1 is 1.07 bits per heavy atom. The first-order chi connectivity index (χ1) is 14.1. The summed E-state index contributed by atoms with van der Waals surface area (Å²) in [6.07, 6.45) is 2.51. The highest BCUT2D eigenvalue weighted by Crippen LogP contribution is 2.27. The van der Waals surface area contributed by atoms with Crippen LogP contribution in [0.3, 0.4) is 0 Å². The van der Waals surface area contributed by atoms with Gasteiger partial charge in [-0.15, -0.1) is 0 Å². The number of methoxy groups -OCH3 is 3. The molecule has 0 aliphatic carbocycles. The van der Waals surface area contributed by atoms with Gasteiger partial charge >= 0.3 is 6.03 Å². The Kier molecular flexibility index (Phi) is 7.19. The maximum Gasteiger partial charge on any atom is 0.319 e. The van der Waals surface area contributed by atoms with Crippen molar-refractivity contribution in [1.29, 1.82) is 0 Å². The number of rotatable bonds is 7. The predicted molar refractivity (Wildman–Crippen MR) is 114 cm³/mol. The molecule has 2 N–H and O–H groups in total. The van der Waals surface area contributed by atoms with Crippen LogP contribution in [-0.2, 0) is 11.3 Å². The number of hydrogen-bond acceptors (Lipinski definition) is 5. The summed E-state index contributed by atoms with van der Waals surface area (Å²) in [7, 11) is 4.95. The molecule has 1 heterocycles. The Balaban J connectivity index is 1.52. The molecule has 2 aromatic carbocycles. The fourth-order valence-electron chi connectivity index (χ4n) is 3.47. The number of hydrogen-bond donors (Lipinski definition) is 2. The summed E-state index contributed by atoms with van der Waals surface area (Å²) < 4.78 is 16.0. The first-order valence-electron chi connectivity index (χ1n) is 9.76. The van der Waals surface area contributed by atoms with Crippen molar-refractivity contribution in [2.24, 2.45) is 0 Å². The van der Waals surface area contributed by atoms with Crippen LogP contribution in [-0.4, -0.2) is 46.6 Å². The Morgan fingerprint density at radius 2 is 1.83 bits per heavy atom. The third kappa shape index (κ3) is 5.54. The lowest BCUT2D eigenvalue weighted by Crippen LogP contribution is -2.39. The van der Waals surface area contributed by atoms with E-state index in [0.29, 0.717) is 18.0 Å². The zero-order valence-corrected chi connectivity index (χ0v) is 17.2. The fourth-order valence-corrected chi connectivity index (χ4v) is 3.47. The maximum atomic E-state index is 12.2. The van der Waals surface area contributed by atoms with E-state index < -0.39 is 0 Å². The van der Waals surface area contributed by atoms with E-state index in [1.54, 1.807) is 21.3 Å². The van der Waals surface area contributed by atoms with Crippen LogP contribution in [0, 0.1) is 0 Å². The van der Waals surface area contributed by atoms with Crippen LogP contribution < -0.4 is 25.0 Å². The van der Waals surface area contributed by atoms with Gasteiger partial charge in [0, 0.05) is 38.1 Å². The first-order valence-corrected chi connectivity index (χ1v) is 9.76. The molecule has 1 saturated heterocycles. The Morgan fingerprint density at radius 3 is 2.52 bits per heavy atom. The van der Waals surface area contributed by atoms with Gasteiger partial charge in [0.25, 0.3) is 0 Å². The number of ether oxygens (including phenoxy) is 3. The van der Waals surface area contributed by atoms with Gasteiger partial charge in [-0.2, -0.15) is 0 Å². The molecule has 0 radical (unpaired) electrons. The van der Waals surface area contributed by atoms with Crippen molar-refractivity contribution in [3.8, 4) is 11.5 Å². The second-order valence-electron chi connectivity index (χ2n) is 6.99. The van der Waals surface area contributed by atoms with Crippen LogP contribution in [0.4, 0.5) is 16.2 Å². The van der Waals surface area contributed by atoms with Crippen molar-refractivity contribution >= 4 is 17.4 Å². The molecular weight excluding hydrogens is 370 g/mol. The summed E-state index contributed by atoms with van der Waals surface area (Å²) in [5.74, 6) is 1.29. The van der Waals surface area contributed by atoms with Crippen molar-refractivity contribution in [3.05, 3.63) is 48.0 Å². The second-order valence-corrected chi connectivity index (χ2v) is 6.99. The molecule has 1 aliphatic heterocycles. The molecule has 1 aliphatic rings. The summed E-state index contributed by atoms with van der Waals surface area (Å²) in [4.78, 5) is 14.5. The van der Waals surface area contributed by atoms with Gasteiger partial charge in [0.2, 0.25) is 0 Å².